The van der Waals surface area contributed by atoms with Gasteiger partial charge in [0.15, 0.2) is 0 Å². The highest BCUT2D eigenvalue weighted by molar-refractivity contribution is 5.99. The third kappa shape index (κ3) is 4.30. The maximum atomic E-state index is 14.3. The number of hydrogen-bond acceptors (Lipinski definition) is 6. The molecule has 4 aliphatic heterocycles. The molecular formula is C29H36N2O6. The number of benzene rings is 1. The smallest absolute Gasteiger partial charge is 0.312 e. The highest BCUT2D eigenvalue weighted by atomic mass is 16.6. The SMILES string of the molecule is CC(C)(C)N1CC=C[C@]23O[C@@H]4/C=C\CCCOC(=O)[C@@H]4[C@H]2C(=O)N([C@@H](CO)Cc2ccccc2)C3C1=O. The van der Waals surface area contributed by atoms with Gasteiger partial charge in [0.1, 0.15) is 17.6 Å². The van der Waals surface area contributed by atoms with Crippen LogP contribution in [0.3, 0.4) is 0 Å². The first-order valence-corrected chi connectivity index (χ1v) is 13.2. The van der Waals surface area contributed by atoms with E-state index in [4.69, 9.17) is 9.47 Å². The van der Waals surface area contributed by atoms with Gasteiger partial charge in [-0.05, 0) is 45.6 Å². The second-order valence-corrected chi connectivity index (χ2v) is 11.4. The van der Waals surface area contributed by atoms with Crippen molar-refractivity contribution in [1.29, 1.82) is 0 Å². The Balaban J connectivity index is 1.63. The highest BCUT2D eigenvalue weighted by Gasteiger charge is 2.72. The molecule has 198 valence electrons. The van der Waals surface area contributed by atoms with Crippen LogP contribution in [0.15, 0.2) is 54.6 Å². The largest absolute Gasteiger partial charge is 0.465 e. The summed E-state index contributed by atoms with van der Waals surface area (Å²) < 4.78 is 12.2. The number of esters is 1. The van der Waals surface area contributed by atoms with Crippen molar-refractivity contribution in [2.75, 3.05) is 19.8 Å². The van der Waals surface area contributed by atoms with Crippen molar-refractivity contribution in [3.63, 3.8) is 0 Å². The molecule has 1 aromatic rings. The van der Waals surface area contributed by atoms with Crippen LogP contribution < -0.4 is 0 Å². The number of aliphatic hydroxyl groups excluding tert-OH is 1. The molecule has 4 aliphatic rings. The molecular weight excluding hydrogens is 472 g/mol. The zero-order chi connectivity index (χ0) is 26.4. The molecule has 1 aromatic carbocycles. The summed E-state index contributed by atoms with van der Waals surface area (Å²) in [7, 11) is 0. The Bertz CT molecular complexity index is 1110. The Labute approximate surface area is 217 Å². The van der Waals surface area contributed by atoms with Crippen molar-refractivity contribution in [3.05, 3.63) is 60.2 Å². The van der Waals surface area contributed by atoms with E-state index < -0.39 is 47.1 Å². The van der Waals surface area contributed by atoms with Gasteiger partial charge in [0.05, 0.1) is 31.3 Å². The molecule has 0 aliphatic carbocycles. The zero-order valence-corrected chi connectivity index (χ0v) is 21.7. The Morgan fingerprint density at radius 1 is 1.11 bits per heavy atom. The number of ether oxygens (including phenoxy) is 2. The lowest BCUT2D eigenvalue weighted by atomic mass is 9.78. The van der Waals surface area contributed by atoms with Crippen molar-refractivity contribution in [2.24, 2.45) is 11.8 Å². The lowest BCUT2D eigenvalue weighted by molar-refractivity contribution is -0.157. The molecule has 1 unspecified atom stereocenters. The van der Waals surface area contributed by atoms with Gasteiger partial charge in [-0.1, -0.05) is 54.6 Å². The molecule has 0 saturated carbocycles. The number of cyclic esters (lactones) is 1. The van der Waals surface area contributed by atoms with E-state index in [1.165, 1.54) is 4.90 Å². The lowest BCUT2D eigenvalue weighted by Crippen LogP contribution is -2.61. The van der Waals surface area contributed by atoms with E-state index in [-0.39, 0.29) is 25.0 Å². The molecule has 1 spiro atoms. The molecule has 8 heteroatoms. The Kier molecular flexibility index (Phi) is 6.75. The average molecular weight is 509 g/mol. The van der Waals surface area contributed by atoms with Gasteiger partial charge >= 0.3 is 5.97 Å². The first kappa shape index (κ1) is 25.7. The lowest BCUT2D eigenvalue weighted by Gasteiger charge is -2.42. The van der Waals surface area contributed by atoms with Gasteiger partial charge in [-0.25, -0.2) is 0 Å². The standard InChI is InChI=1S/C29H36N2O6/c1-28(2,3)30-15-10-14-29-23(22-21(37-29)13-8-5-9-16-36-27(22)35)25(33)31(24(29)26(30)34)20(18-32)17-19-11-6-4-7-12-19/h4,6-8,10-14,20-24,32H,5,9,15-18H2,1-3H3/b13-8-/t20-,21-,22+,23+,24?,29+/m1/s1. The number of nitrogens with zero attached hydrogens (tertiary/aromatic N) is 2. The van der Waals surface area contributed by atoms with E-state index in [0.717, 1.165) is 12.0 Å². The molecule has 2 amide bonds. The summed E-state index contributed by atoms with van der Waals surface area (Å²) in [4.78, 5) is 45.2. The van der Waals surface area contributed by atoms with Gasteiger partial charge in [0, 0.05) is 12.1 Å². The van der Waals surface area contributed by atoms with E-state index >= 15 is 0 Å². The van der Waals surface area contributed by atoms with Gasteiger partial charge in [0.2, 0.25) is 11.8 Å². The number of amides is 2. The highest BCUT2D eigenvalue weighted by Crippen LogP contribution is 2.54. The molecule has 8 nitrogen and oxygen atoms in total. The maximum absolute atomic E-state index is 14.3. The van der Waals surface area contributed by atoms with Crippen LogP contribution in [0.1, 0.15) is 39.2 Å². The fraction of sp³-hybridized carbons (Fsp3) is 0.552. The number of aliphatic hydroxyl groups is 1. The Hall–Kier alpha value is -2.97. The fourth-order valence-electron chi connectivity index (χ4n) is 6.33. The minimum absolute atomic E-state index is 0.247. The van der Waals surface area contributed by atoms with Crippen LogP contribution in [-0.4, -0.2) is 81.8 Å². The molecule has 37 heavy (non-hydrogen) atoms. The normalized spacial score (nSPS) is 33.5. The number of likely N-dealkylation sites (tertiary alicyclic amines) is 1. The number of fused-ring (bicyclic) bond motifs is 2. The molecule has 2 fully saturated rings. The van der Waals surface area contributed by atoms with E-state index in [1.54, 1.807) is 4.90 Å². The number of carbonyl (C=O) groups excluding carboxylic acids is 3. The summed E-state index contributed by atoms with van der Waals surface area (Å²) in [5, 5.41) is 10.5. The molecule has 0 aromatic heterocycles. The van der Waals surface area contributed by atoms with Crippen LogP contribution in [-0.2, 0) is 30.3 Å². The van der Waals surface area contributed by atoms with Crippen LogP contribution >= 0.6 is 0 Å². The summed E-state index contributed by atoms with van der Waals surface area (Å²) in [6.45, 7) is 6.16. The van der Waals surface area contributed by atoms with Crippen LogP contribution in [0.25, 0.3) is 0 Å². The van der Waals surface area contributed by atoms with E-state index in [9.17, 15) is 19.5 Å². The summed E-state index contributed by atoms with van der Waals surface area (Å²) in [6, 6.07) is 7.90. The van der Waals surface area contributed by atoms with Crippen LogP contribution in [0.4, 0.5) is 0 Å². The van der Waals surface area contributed by atoms with Crippen molar-refractivity contribution < 1.29 is 29.0 Å². The third-order valence-electron chi connectivity index (χ3n) is 8.02. The molecule has 0 bridgehead atoms. The van der Waals surface area contributed by atoms with Crippen molar-refractivity contribution >= 4 is 17.8 Å². The molecule has 1 N–H and O–H groups in total. The fourth-order valence-corrected chi connectivity index (χ4v) is 6.33. The van der Waals surface area contributed by atoms with E-state index in [2.05, 4.69) is 0 Å². The summed E-state index contributed by atoms with van der Waals surface area (Å²) in [5.41, 5.74) is -0.908. The van der Waals surface area contributed by atoms with Crippen LogP contribution in [0.2, 0.25) is 0 Å². The third-order valence-corrected chi connectivity index (χ3v) is 8.02. The minimum atomic E-state index is -1.34. The summed E-state index contributed by atoms with van der Waals surface area (Å²) in [5.74, 6) is -2.88. The predicted molar refractivity (Wildman–Crippen MR) is 136 cm³/mol. The van der Waals surface area contributed by atoms with Gasteiger partial charge in [0.25, 0.3) is 0 Å². The second-order valence-electron chi connectivity index (χ2n) is 11.4. The van der Waals surface area contributed by atoms with Crippen LogP contribution in [0.5, 0.6) is 0 Å². The molecule has 5 rings (SSSR count). The molecule has 0 radical (unpaired) electrons. The maximum Gasteiger partial charge on any atom is 0.312 e. The summed E-state index contributed by atoms with van der Waals surface area (Å²) in [6.07, 6.45) is 8.62. The van der Waals surface area contributed by atoms with Crippen molar-refractivity contribution in [3.8, 4) is 0 Å². The monoisotopic (exact) mass is 508 g/mol. The first-order chi connectivity index (χ1) is 17.7. The first-order valence-electron chi connectivity index (χ1n) is 13.2. The Morgan fingerprint density at radius 2 is 1.86 bits per heavy atom. The van der Waals surface area contributed by atoms with Gasteiger partial charge < -0.3 is 24.4 Å². The van der Waals surface area contributed by atoms with E-state index in [0.29, 0.717) is 19.4 Å². The zero-order valence-electron chi connectivity index (χ0n) is 21.7. The topological polar surface area (TPSA) is 96.4 Å². The van der Waals surface area contributed by atoms with Gasteiger partial charge in [-0.15, -0.1) is 0 Å². The van der Waals surface area contributed by atoms with E-state index in [1.807, 2.05) is 75.4 Å². The number of hydrogen-bond donors (Lipinski definition) is 1. The second kappa shape index (κ2) is 9.72. The molecule has 2 saturated heterocycles. The summed E-state index contributed by atoms with van der Waals surface area (Å²) >= 11 is 0. The number of allylic oxidation sites excluding steroid dienone is 1. The van der Waals surface area contributed by atoms with Crippen molar-refractivity contribution in [2.45, 2.75) is 69.4 Å². The minimum Gasteiger partial charge on any atom is -0.465 e. The quantitative estimate of drug-likeness (QED) is 0.495. The van der Waals surface area contributed by atoms with Crippen LogP contribution in [0, 0.1) is 11.8 Å². The molecule has 4 heterocycles. The van der Waals surface area contributed by atoms with Crippen molar-refractivity contribution in [1.82, 2.24) is 9.80 Å². The van der Waals surface area contributed by atoms with Gasteiger partial charge in [-0.3, -0.25) is 14.4 Å². The number of rotatable bonds is 4. The number of carbonyl (C=O) groups is 3. The average Bonchev–Trinajstić information content (AvgIpc) is 3.27. The Morgan fingerprint density at radius 3 is 2.57 bits per heavy atom. The van der Waals surface area contributed by atoms with Gasteiger partial charge in [-0.2, -0.15) is 0 Å². The predicted octanol–water partition coefficient (Wildman–Crippen LogP) is 2.26. The molecule has 6 atom stereocenters.